The van der Waals surface area contributed by atoms with Crippen LogP contribution in [0.4, 0.5) is 0 Å². The molecule has 1 nitrogen and oxygen atoms in total. The summed E-state index contributed by atoms with van der Waals surface area (Å²) in [5.41, 5.74) is 1.28. The second-order valence-corrected chi connectivity index (χ2v) is 3.91. The SMILES string of the molecule is CN(CCl)Cc1ccc(Br)cc1. The summed E-state index contributed by atoms with van der Waals surface area (Å²) in [7, 11) is 2.00. The van der Waals surface area contributed by atoms with Crippen molar-refractivity contribution in [3.63, 3.8) is 0 Å². The van der Waals surface area contributed by atoms with E-state index in [4.69, 9.17) is 11.6 Å². The summed E-state index contributed by atoms with van der Waals surface area (Å²) in [6, 6.07) is 8.82. The van der Waals surface area contributed by atoms with Crippen molar-refractivity contribution in [3.05, 3.63) is 34.3 Å². The third-order valence-corrected chi connectivity index (χ3v) is 2.51. The highest BCUT2D eigenvalue weighted by Crippen LogP contribution is 2.11. The topological polar surface area (TPSA) is 3.24 Å². The van der Waals surface area contributed by atoms with Gasteiger partial charge in [-0.25, -0.2) is 0 Å². The summed E-state index contributed by atoms with van der Waals surface area (Å²) >= 11 is 9.04. The molecular weight excluding hydrogens is 237 g/mol. The zero-order valence-electron chi connectivity index (χ0n) is 6.93. The second kappa shape index (κ2) is 4.85. The van der Waals surface area contributed by atoms with Crippen molar-refractivity contribution < 1.29 is 0 Å². The van der Waals surface area contributed by atoms with Crippen molar-refractivity contribution in [3.8, 4) is 0 Å². The predicted molar refractivity (Wildman–Crippen MR) is 56.3 cm³/mol. The number of halogens is 2. The highest BCUT2D eigenvalue weighted by molar-refractivity contribution is 9.10. The molecule has 3 heteroatoms. The summed E-state index contributed by atoms with van der Waals surface area (Å²) in [5, 5.41) is 0. The van der Waals surface area contributed by atoms with E-state index >= 15 is 0 Å². The number of alkyl halides is 1. The van der Waals surface area contributed by atoms with Gasteiger partial charge in [-0.3, -0.25) is 4.90 Å². The molecule has 0 bridgehead atoms. The Morgan fingerprint density at radius 2 is 1.92 bits per heavy atom. The first-order valence-corrected chi connectivity index (χ1v) is 5.04. The van der Waals surface area contributed by atoms with Crippen LogP contribution in [0, 0.1) is 0 Å². The minimum absolute atomic E-state index is 0.566. The van der Waals surface area contributed by atoms with Gasteiger partial charge in [0.25, 0.3) is 0 Å². The van der Waals surface area contributed by atoms with Crippen LogP contribution >= 0.6 is 27.5 Å². The van der Waals surface area contributed by atoms with Gasteiger partial charge in [0.1, 0.15) is 0 Å². The molecule has 0 N–H and O–H groups in total. The van der Waals surface area contributed by atoms with Crippen LogP contribution in [0.5, 0.6) is 0 Å². The first kappa shape index (κ1) is 10.0. The molecule has 1 rings (SSSR count). The largest absolute Gasteiger partial charge is 0.289 e. The average molecular weight is 249 g/mol. The number of benzene rings is 1. The maximum absolute atomic E-state index is 5.65. The Morgan fingerprint density at radius 3 is 2.42 bits per heavy atom. The van der Waals surface area contributed by atoms with Gasteiger partial charge >= 0.3 is 0 Å². The Balaban J connectivity index is 2.58. The molecule has 0 aliphatic rings. The maximum Gasteiger partial charge on any atom is 0.0738 e. The van der Waals surface area contributed by atoms with E-state index in [2.05, 4.69) is 28.1 Å². The van der Waals surface area contributed by atoms with Crippen LogP contribution in [0.15, 0.2) is 28.7 Å². The van der Waals surface area contributed by atoms with E-state index in [-0.39, 0.29) is 0 Å². The van der Waals surface area contributed by atoms with Gasteiger partial charge in [-0.15, -0.1) is 11.6 Å². The first-order chi connectivity index (χ1) is 5.72. The number of nitrogens with zero attached hydrogens (tertiary/aromatic N) is 1. The molecule has 0 radical (unpaired) electrons. The lowest BCUT2D eigenvalue weighted by Gasteiger charge is -2.11. The van der Waals surface area contributed by atoms with E-state index in [0.717, 1.165) is 11.0 Å². The van der Waals surface area contributed by atoms with Gasteiger partial charge in [-0.05, 0) is 24.7 Å². The molecule has 0 aliphatic carbocycles. The van der Waals surface area contributed by atoms with Crippen molar-refractivity contribution >= 4 is 27.5 Å². The zero-order valence-corrected chi connectivity index (χ0v) is 9.27. The number of hydrogen-bond acceptors (Lipinski definition) is 1. The second-order valence-electron chi connectivity index (χ2n) is 2.76. The molecule has 0 fully saturated rings. The number of rotatable bonds is 3. The molecule has 0 spiro atoms. The van der Waals surface area contributed by atoms with Crippen molar-refractivity contribution in [1.82, 2.24) is 4.90 Å². The third-order valence-electron chi connectivity index (χ3n) is 1.57. The lowest BCUT2D eigenvalue weighted by Crippen LogP contribution is -2.15. The molecule has 0 saturated carbocycles. The van der Waals surface area contributed by atoms with Gasteiger partial charge in [0.05, 0.1) is 6.00 Å². The molecule has 0 amide bonds. The molecule has 1 aromatic carbocycles. The molecule has 1 aromatic rings. The Hall–Kier alpha value is -0.0500. The van der Waals surface area contributed by atoms with E-state index in [1.54, 1.807) is 0 Å². The van der Waals surface area contributed by atoms with Gasteiger partial charge in [0.2, 0.25) is 0 Å². The molecular formula is C9H11BrClN. The Kier molecular flexibility index (Phi) is 4.06. The molecule has 0 atom stereocenters. The van der Waals surface area contributed by atoms with Crippen LogP contribution < -0.4 is 0 Å². The van der Waals surface area contributed by atoms with Crippen LogP contribution in [-0.2, 0) is 6.54 Å². The van der Waals surface area contributed by atoms with Gasteiger partial charge in [-0.2, -0.15) is 0 Å². The molecule has 12 heavy (non-hydrogen) atoms. The van der Waals surface area contributed by atoms with E-state index in [9.17, 15) is 0 Å². The Labute approximate surface area is 86.5 Å². The lowest BCUT2D eigenvalue weighted by molar-refractivity contribution is 0.382. The van der Waals surface area contributed by atoms with E-state index in [1.807, 2.05) is 24.1 Å². The van der Waals surface area contributed by atoms with Crippen LogP contribution in [0.1, 0.15) is 5.56 Å². The van der Waals surface area contributed by atoms with Gasteiger partial charge in [0.15, 0.2) is 0 Å². The van der Waals surface area contributed by atoms with E-state index in [0.29, 0.717) is 6.00 Å². The summed E-state index contributed by atoms with van der Waals surface area (Å²) in [5.74, 6) is 0. The average Bonchev–Trinajstić information content (AvgIpc) is 2.09. The maximum atomic E-state index is 5.65. The van der Waals surface area contributed by atoms with Gasteiger partial charge in [-0.1, -0.05) is 28.1 Å². The normalized spacial score (nSPS) is 10.7. The van der Waals surface area contributed by atoms with Gasteiger partial charge < -0.3 is 0 Å². The molecule has 0 saturated heterocycles. The Bertz CT molecular complexity index is 235. The molecule has 66 valence electrons. The van der Waals surface area contributed by atoms with Crippen molar-refractivity contribution in [2.75, 3.05) is 13.1 Å². The standard InChI is InChI=1S/C9H11BrClN/c1-12(7-11)6-8-2-4-9(10)5-3-8/h2-5H,6-7H2,1H3. The third kappa shape index (κ3) is 3.13. The number of hydrogen-bond donors (Lipinski definition) is 0. The highest BCUT2D eigenvalue weighted by Gasteiger charge is 1.97. The summed E-state index contributed by atoms with van der Waals surface area (Å²) in [6.07, 6.45) is 0. The fourth-order valence-electron chi connectivity index (χ4n) is 0.944. The van der Waals surface area contributed by atoms with Crippen LogP contribution in [0.2, 0.25) is 0 Å². The zero-order chi connectivity index (χ0) is 8.97. The molecule has 0 heterocycles. The first-order valence-electron chi connectivity index (χ1n) is 3.71. The van der Waals surface area contributed by atoms with E-state index < -0.39 is 0 Å². The summed E-state index contributed by atoms with van der Waals surface area (Å²) in [6.45, 7) is 0.900. The van der Waals surface area contributed by atoms with Crippen LogP contribution in [0.25, 0.3) is 0 Å². The van der Waals surface area contributed by atoms with E-state index in [1.165, 1.54) is 5.56 Å². The minimum Gasteiger partial charge on any atom is -0.289 e. The fraction of sp³-hybridized carbons (Fsp3) is 0.333. The molecule has 0 unspecified atom stereocenters. The molecule has 0 aliphatic heterocycles. The van der Waals surface area contributed by atoms with Crippen molar-refractivity contribution in [2.45, 2.75) is 6.54 Å². The monoisotopic (exact) mass is 247 g/mol. The summed E-state index contributed by atoms with van der Waals surface area (Å²) in [4.78, 5) is 2.05. The Morgan fingerprint density at radius 1 is 1.33 bits per heavy atom. The van der Waals surface area contributed by atoms with Crippen LogP contribution in [0.3, 0.4) is 0 Å². The van der Waals surface area contributed by atoms with Gasteiger partial charge in [0, 0.05) is 11.0 Å². The van der Waals surface area contributed by atoms with Crippen LogP contribution in [-0.4, -0.2) is 18.0 Å². The van der Waals surface area contributed by atoms with Crippen molar-refractivity contribution in [1.29, 1.82) is 0 Å². The summed E-state index contributed by atoms with van der Waals surface area (Å²) < 4.78 is 1.11. The lowest BCUT2D eigenvalue weighted by atomic mass is 10.2. The minimum atomic E-state index is 0.566. The fourth-order valence-corrected chi connectivity index (χ4v) is 1.29. The quantitative estimate of drug-likeness (QED) is 0.587. The molecule has 0 aromatic heterocycles. The highest BCUT2D eigenvalue weighted by atomic mass is 79.9. The van der Waals surface area contributed by atoms with Crippen molar-refractivity contribution in [2.24, 2.45) is 0 Å². The smallest absolute Gasteiger partial charge is 0.0738 e. The predicted octanol–water partition coefficient (Wildman–Crippen LogP) is 3.08.